The standard InChI is InChI=1S/C16H22FNO2/c1-2-20-16(19)11-15-5-3-4-10-18(15)12-13-6-8-14(17)9-7-13/h6-9,15H,2-5,10-12H2,1H3. The zero-order valence-electron chi connectivity index (χ0n) is 12.0. The Morgan fingerprint density at radius 2 is 2.10 bits per heavy atom. The van der Waals surface area contributed by atoms with Crippen LogP contribution < -0.4 is 0 Å². The van der Waals surface area contributed by atoms with Crippen molar-refractivity contribution >= 4 is 5.97 Å². The van der Waals surface area contributed by atoms with E-state index in [1.165, 1.54) is 12.1 Å². The summed E-state index contributed by atoms with van der Waals surface area (Å²) < 4.78 is 18.0. The van der Waals surface area contributed by atoms with Gasteiger partial charge in [0, 0.05) is 12.6 Å². The molecule has 1 aliphatic heterocycles. The van der Waals surface area contributed by atoms with Gasteiger partial charge in [-0.1, -0.05) is 18.6 Å². The number of hydrogen-bond donors (Lipinski definition) is 0. The average Bonchev–Trinajstić information content (AvgIpc) is 2.44. The topological polar surface area (TPSA) is 29.5 Å². The molecule has 1 fully saturated rings. The van der Waals surface area contributed by atoms with Crippen LogP contribution in [0.4, 0.5) is 4.39 Å². The molecule has 0 amide bonds. The summed E-state index contributed by atoms with van der Waals surface area (Å²) in [6.45, 7) is 4.02. The first kappa shape index (κ1) is 15.0. The molecule has 1 aliphatic rings. The van der Waals surface area contributed by atoms with E-state index in [0.29, 0.717) is 13.0 Å². The third-order valence-corrected chi connectivity index (χ3v) is 3.76. The minimum Gasteiger partial charge on any atom is -0.466 e. The maximum absolute atomic E-state index is 12.9. The molecule has 1 saturated heterocycles. The molecule has 0 N–H and O–H groups in total. The lowest BCUT2D eigenvalue weighted by Crippen LogP contribution is -2.40. The Hall–Kier alpha value is -1.42. The first-order valence-corrected chi connectivity index (χ1v) is 7.33. The Labute approximate surface area is 119 Å². The van der Waals surface area contributed by atoms with Gasteiger partial charge >= 0.3 is 5.97 Å². The molecule has 1 aromatic rings. The van der Waals surface area contributed by atoms with Crippen LogP contribution in [0.25, 0.3) is 0 Å². The lowest BCUT2D eigenvalue weighted by atomic mass is 9.98. The van der Waals surface area contributed by atoms with Crippen LogP contribution in [0.1, 0.15) is 38.2 Å². The first-order chi connectivity index (χ1) is 9.69. The lowest BCUT2D eigenvalue weighted by Gasteiger charge is -2.35. The monoisotopic (exact) mass is 279 g/mol. The SMILES string of the molecule is CCOC(=O)CC1CCCCN1Cc1ccc(F)cc1. The smallest absolute Gasteiger partial charge is 0.307 e. The van der Waals surface area contributed by atoms with Crippen molar-refractivity contribution in [2.45, 2.75) is 45.2 Å². The summed E-state index contributed by atoms with van der Waals surface area (Å²) in [7, 11) is 0. The Bertz CT molecular complexity index is 433. The molecule has 20 heavy (non-hydrogen) atoms. The minimum atomic E-state index is -0.213. The van der Waals surface area contributed by atoms with Gasteiger partial charge in [-0.2, -0.15) is 0 Å². The fourth-order valence-corrected chi connectivity index (χ4v) is 2.74. The number of piperidine rings is 1. The molecule has 2 rings (SSSR count). The number of hydrogen-bond acceptors (Lipinski definition) is 3. The minimum absolute atomic E-state index is 0.122. The molecular formula is C16H22FNO2. The van der Waals surface area contributed by atoms with Gasteiger partial charge in [-0.25, -0.2) is 4.39 Å². The number of esters is 1. The highest BCUT2D eigenvalue weighted by molar-refractivity contribution is 5.70. The van der Waals surface area contributed by atoms with Crippen molar-refractivity contribution in [2.75, 3.05) is 13.2 Å². The Kier molecular flexibility index (Phi) is 5.53. The molecule has 0 radical (unpaired) electrons. The van der Waals surface area contributed by atoms with Gasteiger partial charge < -0.3 is 4.74 Å². The quantitative estimate of drug-likeness (QED) is 0.776. The number of benzene rings is 1. The first-order valence-electron chi connectivity index (χ1n) is 7.33. The molecule has 0 spiro atoms. The summed E-state index contributed by atoms with van der Waals surface area (Å²) in [4.78, 5) is 14.0. The van der Waals surface area contributed by atoms with E-state index in [9.17, 15) is 9.18 Å². The molecular weight excluding hydrogens is 257 g/mol. The highest BCUT2D eigenvalue weighted by Gasteiger charge is 2.25. The van der Waals surface area contributed by atoms with Crippen LogP contribution in [-0.2, 0) is 16.1 Å². The molecule has 0 bridgehead atoms. The fourth-order valence-electron chi connectivity index (χ4n) is 2.74. The van der Waals surface area contributed by atoms with Gasteiger partial charge in [0.05, 0.1) is 13.0 Å². The molecule has 0 aliphatic carbocycles. The van der Waals surface area contributed by atoms with E-state index in [2.05, 4.69) is 4.90 Å². The third-order valence-electron chi connectivity index (χ3n) is 3.76. The van der Waals surface area contributed by atoms with Crippen LogP contribution >= 0.6 is 0 Å². The zero-order valence-corrected chi connectivity index (χ0v) is 12.0. The van der Waals surface area contributed by atoms with E-state index in [4.69, 9.17) is 4.74 Å². The van der Waals surface area contributed by atoms with Crippen molar-refractivity contribution in [2.24, 2.45) is 0 Å². The van der Waals surface area contributed by atoms with Crippen LogP contribution in [0.3, 0.4) is 0 Å². The molecule has 1 heterocycles. The van der Waals surface area contributed by atoms with Gasteiger partial charge in [0.1, 0.15) is 5.82 Å². The summed E-state index contributed by atoms with van der Waals surface area (Å²) in [5.74, 6) is -0.334. The summed E-state index contributed by atoms with van der Waals surface area (Å²) >= 11 is 0. The summed E-state index contributed by atoms with van der Waals surface area (Å²) in [5, 5.41) is 0. The van der Waals surface area contributed by atoms with Gasteiger partial charge in [-0.3, -0.25) is 9.69 Å². The van der Waals surface area contributed by atoms with Crippen LogP contribution in [-0.4, -0.2) is 30.1 Å². The van der Waals surface area contributed by atoms with Gasteiger partial charge in [-0.15, -0.1) is 0 Å². The van der Waals surface area contributed by atoms with Crippen molar-refractivity contribution in [3.63, 3.8) is 0 Å². The molecule has 1 atom stereocenters. The Morgan fingerprint density at radius 1 is 1.35 bits per heavy atom. The van der Waals surface area contributed by atoms with Crippen LogP contribution in [0.5, 0.6) is 0 Å². The predicted molar refractivity (Wildman–Crippen MR) is 75.7 cm³/mol. The highest BCUT2D eigenvalue weighted by atomic mass is 19.1. The Balaban J connectivity index is 1.95. The van der Waals surface area contributed by atoms with Crippen molar-refractivity contribution in [3.05, 3.63) is 35.6 Å². The number of ether oxygens (including phenoxy) is 1. The van der Waals surface area contributed by atoms with Crippen LogP contribution in [0.2, 0.25) is 0 Å². The van der Waals surface area contributed by atoms with Gasteiger partial charge in [0.25, 0.3) is 0 Å². The largest absolute Gasteiger partial charge is 0.466 e. The van der Waals surface area contributed by atoms with Crippen molar-refractivity contribution in [1.29, 1.82) is 0 Å². The number of carbonyl (C=O) groups excluding carboxylic acids is 1. The van der Waals surface area contributed by atoms with E-state index >= 15 is 0 Å². The predicted octanol–water partition coefficient (Wildman–Crippen LogP) is 3.13. The third kappa shape index (κ3) is 4.30. The second kappa shape index (κ2) is 7.39. The van der Waals surface area contributed by atoms with E-state index in [1.807, 2.05) is 19.1 Å². The summed E-state index contributed by atoms with van der Waals surface area (Å²) in [6.07, 6.45) is 3.79. The summed E-state index contributed by atoms with van der Waals surface area (Å²) in [6, 6.07) is 6.84. The number of likely N-dealkylation sites (tertiary alicyclic amines) is 1. The molecule has 3 nitrogen and oxygen atoms in total. The van der Waals surface area contributed by atoms with Crippen LogP contribution in [0, 0.1) is 5.82 Å². The fraction of sp³-hybridized carbons (Fsp3) is 0.562. The summed E-state index contributed by atoms with van der Waals surface area (Å²) in [5.41, 5.74) is 1.09. The zero-order chi connectivity index (χ0) is 14.4. The molecule has 1 aromatic carbocycles. The number of halogens is 1. The van der Waals surface area contributed by atoms with E-state index in [0.717, 1.165) is 37.9 Å². The number of rotatable bonds is 5. The van der Waals surface area contributed by atoms with Crippen molar-refractivity contribution in [1.82, 2.24) is 4.90 Å². The van der Waals surface area contributed by atoms with Crippen molar-refractivity contribution < 1.29 is 13.9 Å². The second-order valence-electron chi connectivity index (χ2n) is 5.26. The second-order valence-corrected chi connectivity index (χ2v) is 5.26. The maximum Gasteiger partial charge on any atom is 0.307 e. The molecule has 0 aromatic heterocycles. The molecule has 1 unspecified atom stereocenters. The van der Waals surface area contributed by atoms with Crippen molar-refractivity contribution in [3.8, 4) is 0 Å². The van der Waals surface area contributed by atoms with Gasteiger partial charge in [0.15, 0.2) is 0 Å². The van der Waals surface area contributed by atoms with E-state index in [-0.39, 0.29) is 17.8 Å². The van der Waals surface area contributed by atoms with Gasteiger partial charge in [0.2, 0.25) is 0 Å². The van der Waals surface area contributed by atoms with Gasteiger partial charge in [-0.05, 0) is 44.0 Å². The number of carbonyl (C=O) groups is 1. The highest BCUT2D eigenvalue weighted by Crippen LogP contribution is 2.22. The number of nitrogens with zero attached hydrogens (tertiary/aromatic N) is 1. The molecule has 0 saturated carbocycles. The molecule has 110 valence electrons. The van der Waals surface area contributed by atoms with E-state index < -0.39 is 0 Å². The van der Waals surface area contributed by atoms with Crippen LogP contribution in [0.15, 0.2) is 24.3 Å². The lowest BCUT2D eigenvalue weighted by molar-refractivity contribution is -0.145. The van der Waals surface area contributed by atoms with E-state index in [1.54, 1.807) is 0 Å². The normalized spacial score (nSPS) is 19.8. The Morgan fingerprint density at radius 3 is 2.80 bits per heavy atom. The molecule has 4 heteroatoms. The maximum atomic E-state index is 12.9. The average molecular weight is 279 g/mol.